The van der Waals surface area contributed by atoms with Gasteiger partial charge in [0.05, 0.1) is 10.7 Å². The van der Waals surface area contributed by atoms with Crippen LogP contribution in [0.25, 0.3) is 11.3 Å². The summed E-state index contributed by atoms with van der Waals surface area (Å²) in [7, 11) is 0. The average molecular weight is 515 g/mol. The summed E-state index contributed by atoms with van der Waals surface area (Å²) in [6.07, 6.45) is 9.93. The fourth-order valence-electron chi connectivity index (χ4n) is 7.37. The minimum atomic E-state index is 0.106. The number of thiazole rings is 1. The van der Waals surface area contributed by atoms with Gasteiger partial charge in [0.15, 0.2) is 0 Å². The Morgan fingerprint density at radius 1 is 1.06 bits per heavy atom. The van der Waals surface area contributed by atoms with Crippen LogP contribution in [0.2, 0.25) is 0 Å². The number of rotatable bonds is 3. The van der Waals surface area contributed by atoms with Gasteiger partial charge < -0.3 is 10.2 Å². The van der Waals surface area contributed by atoms with Crippen molar-refractivity contribution in [2.75, 3.05) is 13.1 Å². The van der Waals surface area contributed by atoms with E-state index < -0.39 is 0 Å². The average Bonchev–Trinajstić information content (AvgIpc) is 3.15. The molecule has 0 atom stereocenters. The Morgan fingerprint density at radius 3 is 2.25 bits per heavy atom. The second-order valence-corrected chi connectivity index (χ2v) is 13.0. The SMILES string of the molecule is Cc1sc(C2CCN(C(=O)NC34CC5CC(CC(C5)C3)C4)CC2)nc1-c1ccc(Br)cc1. The number of aryl methyl sites for hydroxylation is 1. The van der Waals surface area contributed by atoms with Crippen molar-refractivity contribution in [1.29, 1.82) is 0 Å². The van der Waals surface area contributed by atoms with E-state index in [2.05, 4.69) is 57.3 Å². The van der Waals surface area contributed by atoms with Crippen LogP contribution < -0.4 is 5.32 Å². The maximum atomic E-state index is 13.2. The maximum Gasteiger partial charge on any atom is 0.317 e. The molecule has 1 N–H and O–H groups in total. The number of halogens is 1. The Kier molecular flexibility index (Phi) is 5.37. The summed E-state index contributed by atoms with van der Waals surface area (Å²) in [5.74, 6) is 3.05. The highest BCUT2D eigenvalue weighted by Crippen LogP contribution is 2.55. The lowest BCUT2D eigenvalue weighted by Crippen LogP contribution is -2.62. The summed E-state index contributed by atoms with van der Waals surface area (Å²) < 4.78 is 1.09. The third kappa shape index (κ3) is 3.91. The van der Waals surface area contributed by atoms with Gasteiger partial charge in [-0.2, -0.15) is 0 Å². The van der Waals surface area contributed by atoms with Crippen molar-refractivity contribution < 1.29 is 4.79 Å². The van der Waals surface area contributed by atoms with Crippen molar-refractivity contribution in [2.45, 2.75) is 69.7 Å². The van der Waals surface area contributed by atoms with Crippen LogP contribution in [0.15, 0.2) is 28.7 Å². The molecule has 2 heterocycles. The third-order valence-corrected chi connectivity index (χ3v) is 10.1. The standard InChI is InChI=1S/C26H32BrN3OS/c1-16-23(20-2-4-22(27)5-3-20)28-24(32-16)21-6-8-30(9-7-21)25(31)29-26-13-17-10-18(14-26)12-19(11-17)15-26/h2-5,17-19,21H,6-15H2,1H3,(H,29,31). The number of likely N-dealkylation sites (tertiary alicyclic amines) is 1. The zero-order chi connectivity index (χ0) is 21.9. The van der Waals surface area contributed by atoms with Gasteiger partial charge in [-0.3, -0.25) is 0 Å². The number of nitrogens with one attached hydrogen (secondary N) is 1. The first kappa shape index (κ1) is 21.2. The minimum absolute atomic E-state index is 0.106. The molecule has 1 aromatic heterocycles. The molecular formula is C26H32BrN3OS. The Hall–Kier alpha value is -1.40. The van der Waals surface area contributed by atoms with Crippen molar-refractivity contribution in [3.63, 3.8) is 0 Å². The molecule has 1 aromatic carbocycles. The van der Waals surface area contributed by atoms with E-state index in [0.29, 0.717) is 5.92 Å². The molecule has 1 aliphatic heterocycles. The van der Waals surface area contributed by atoms with Gasteiger partial charge in [-0.1, -0.05) is 28.1 Å². The molecule has 7 rings (SSSR count). The van der Waals surface area contributed by atoms with Crippen molar-refractivity contribution in [2.24, 2.45) is 17.8 Å². The van der Waals surface area contributed by atoms with Crippen LogP contribution >= 0.6 is 27.3 Å². The number of hydrogen-bond donors (Lipinski definition) is 1. The smallest absolute Gasteiger partial charge is 0.317 e. The molecule has 5 fully saturated rings. The molecule has 4 aliphatic carbocycles. The van der Waals surface area contributed by atoms with Crippen molar-refractivity contribution in [1.82, 2.24) is 15.2 Å². The van der Waals surface area contributed by atoms with E-state index in [9.17, 15) is 4.79 Å². The van der Waals surface area contributed by atoms with Crippen LogP contribution in [0, 0.1) is 24.7 Å². The van der Waals surface area contributed by atoms with Crippen molar-refractivity contribution in [3.8, 4) is 11.3 Å². The largest absolute Gasteiger partial charge is 0.333 e. The molecule has 0 spiro atoms. The van der Waals surface area contributed by atoms with Crippen molar-refractivity contribution in [3.05, 3.63) is 38.6 Å². The fourth-order valence-corrected chi connectivity index (χ4v) is 8.74. The molecule has 5 aliphatic rings. The number of carbonyl (C=O) groups excluding carboxylic acids is 1. The topological polar surface area (TPSA) is 45.2 Å². The first-order valence-electron chi connectivity index (χ1n) is 12.3. The second-order valence-electron chi connectivity index (χ2n) is 10.9. The number of hydrogen-bond acceptors (Lipinski definition) is 3. The van der Waals surface area contributed by atoms with Crippen molar-refractivity contribution >= 4 is 33.3 Å². The van der Waals surface area contributed by atoms with E-state index in [-0.39, 0.29) is 11.6 Å². The first-order valence-corrected chi connectivity index (χ1v) is 13.9. The highest BCUT2D eigenvalue weighted by Gasteiger charge is 2.51. The molecule has 1 saturated heterocycles. The van der Waals surface area contributed by atoms with E-state index in [1.165, 1.54) is 54.0 Å². The number of nitrogens with zero attached hydrogens (tertiary/aromatic N) is 2. The number of amides is 2. The van der Waals surface area contributed by atoms with Crippen LogP contribution in [0.5, 0.6) is 0 Å². The van der Waals surface area contributed by atoms with E-state index in [1.807, 2.05) is 11.3 Å². The van der Waals surface area contributed by atoms with E-state index in [4.69, 9.17) is 4.98 Å². The van der Waals surface area contributed by atoms with Gasteiger partial charge in [0.1, 0.15) is 0 Å². The number of piperidine rings is 1. The van der Waals surface area contributed by atoms with Gasteiger partial charge in [-0.15, -0.1) is 11.3 Å². The van der Waals surface area contributed by atoms with Gasteiger partial charge in [0.25, 0.3) is 0 Å². The molecule has 0 unspecified atom stereocenters. The molecule has 4 bridgehead atoms. The molecule has 2 aromatic rings. The first-order chi connectivity index (χ1) is 15.5. The zero-order valence-electron chi connectivity index (χ0n) is 18.8. The monoisotopic (exact) mass is 513 g/mol. The molecular weight excluding hydrogens is 482 g/mol. The second kappa shape index (κ2) is 8.12. The molecule has 4 nitrogen and oxygen atoms in total. The predicted octanol–water partition coefficient (Wildman–Crippen LogP) is 6.74. The van der Waals surface area contributed by atoms with Gasteiger partial charge >= 0.3 is 6.03 Å². The molecule has 170 valence electrons. The third-order valence-electron chi connectivity index (χ3n) is 8.47. The number of aromatic nitrogens is 1. The number of carbonyl (C=O) groups is 1. The lowest BCUT2D eigenvalue weighted by molar-refractivity contribution is -0.0160. The summed E-state index contributed by atoms with van der Waals surface area (Å²) in [5, 5.41) is 4.80. The molecule has 32 heavy (non-hydrogen) atoms. The van der Waals surface area contributed by atoms with E-state index >= 15 is 0 Å². The minimum Gasteiger partial charge on any atom is -0.333 e. The van der Waals surface area contributed by atoms with E-state index in [1.54, 1.807) is 0 Å². The summed E-state index contributed by atoms with van der Waals surface area (Å²) in [4.78, 5) is 21.6. The Morgan fingerprint density at radius 2 is 1.66 bits per heavy atom. The lowest BCUT2D eigenvalue weighted by Gasteiger charge is -2.57. The molecule has 0 radical (unpaired) electrons. The van der Waals surface area contributed by atoms with Crippen LogP contribution in [0.1, 0.15) is 67.2 Å². The lowest BCUT2D eigenvalue weighted by atomic mass is 9.53. The Balaban J connectivity index is 1.09. The summed E-state index contributed by atoms with van der Waals surface area (Å²) in [6, 6.07) is 8.61. The number of benzene rings is 1. The maximum absolute atomic E-state index is 13.2. The van der Waals surface area contributed by atoms with Crippen LogP contribution in [0.3, 0.4) is 0 Å². The molecule has 6 heteroatoms. The Bertz CT molecular complexity index is 973. The Labute approximate surface area is 203 Å². The highest BCUT2D eigenvalue weighted by molar-refractivity contribution is 9.10. The summed E-state index contributed by atoms with van der Waals surface area (Å²) >= 11 is 5.35. The predicted molar refractivity (Wildman–Crippen MR) is 133 cm³/mol. The quantitative estimate of drug-likeness (QED) is 0.493. The summed E-state index contributed by atoms with van der Waals surface area (Å²) in [6.45, 7) is 3.86. The highest BCUT2D eigenvalue weighted by atomic mass is 79.9. The van der Waals surface area contributed by atoms with Crippen LogP contribution in [-0.2, 0) is 0 Å². The van der Waals surface area contributed by atoms with Gasteiger partial charge in [-0.05, 0) is 88.2 Å². The van der Waals surface area contributed by atoms with Gasteiger partial charge in [0.2, 0.25) is 0 Å². The van der Waals surface area contributed by atoms with E-state index in [0.717, 1.165) is 53.9 Å². The van der Waals surface area contributed by atoms with Crippen LogP contribution in [0.4, 0.5) is 4.79 Å². The van der Waals surface area contributed by atoms with Gasteiger partial charge in [0, 0.05) is 39.5 Å². The van der Waals surface area contributed by atoms with Crippen LogP contribution in [-0.4, -0.2) is 34.5 Å². The normalized spacial score (nSPS) is 31.8. The van der Waals surface area contributed by atoms with Gasteiger partial charge in [-0.25, -0.2) is 9.78 Å². The number of urea groups is 1. The molecule has 4 saturated carbocycles. The fraction of sp³-hybridized carbons (Fsp3) is 0.615. The summed E-state index contributed by atoms with van der Waals surface area (Å²) in [5.41, 5.74) is 2.40. The molecule has 2 amide bonds. The zero-order valence-corrected chi connectivity index (χ0v) is 21.2.